The van der Waals surface area contributed by atoms with E-state index in [0.29, 0.717) is 18.0 Å². The first-order chi connectivity index (χ1) is 8.60. The molecule has 1 aromatic rings. The predicted octanol–water partition coefficient (Wildman–Crippen LogP) is 1.80. The van der Waals surface area contributed by atoms with Crippen LogP contribution in [0.4, 0.5) is 5.69 Å². The van der Waals surface area contributed by atoms with E-state index in [4.69, 9.17) is 23.2 Å². The number of alkyl halides is 1. The predicted molar refractivity (Wildman–Crippen MR) is 71.1 cm³/mol. The fraction of sp³-hybridized carbons (Fsp3) is 0.333. The molecule has 1 saturated heterocycles. The van der Waals surface area contributed by atoms with Crippen molar-refractivity contribution in [2.45, 2.75) is 12.5 Å². The molecule has 0 unspecified atom stereocenters. The van der Waals surface area contributed by atoms with Crippen LogP contribution in [0, 0.1) is 0 Å². The topological polar surface area (TPSA) is 49.4 Å². The number of rotatable bonds is 3. The molecule has 1 fully saturated rings. The van der Waals surface area contributed by atoms with Crippen molar-refractivity contribution in [3.8, 4) is 0 Å². The van der Waals surface area contributed by atoms with Gasteiger partial charge in [0, 0.05) is 23.7 Å². The van der Waals surface area contributed by atoms with Crippen molar-refractivity contribution < 1.29 is 9.59 Å². The van der Waals surface area contributed by atoms with E-state index in [9.17, 15) is 9.59 Å². The molecule has 0 aromatic heterocycles. The number of nitrogens with zero attached hydrogens (tertiary/aromatic N) is 1. The minimum absolute atomic E-state index is 0.0165. The van der Waals surface area contributed by atoms with E-state index in [1.807, 2.05) is 0 Å². The van der Waals surface area contributed by atoms with Crippen molar-refractivity contribution in [1.82, 2.24) is 5.32 Å². The maximum Gasteiger partial charge on any atom is 0.235 e. The summed E-state index contributed by atoms with van der Waals surface area (Å²) in [4.78, 5) is 24.7. The van der Waals surface area contributed by atoms with Crippen LogP contribution >= 0.6 is 23.2 Å². The lowest BCUT2D eigenvalue weighted by Gasteiger charge is -2.17. The second-order valence-electron chi connectivity index (χ2n) is 4.08. The smallest absolute Gasteiger partial charge is 0.235 e. The summed E-state index contributed by atoms with van der Waals surface area (Å²) in [7, 11) is 0. The van der Waals surface area contributed by atoms with Gasteiger partial charge in [-0.15, -0.1) is 11.6 Å². The Morgan fingerprint density at radius 1 is 1.39 bits per heavy atom. The van der Waals surface area contributed by atoms with Gasteiger partial charge in [-0.2, -0.15) is 0 Å². The zero-order valence-electron chi connectivity index (χ0n) is 9.53. The monoisotopic (exact) mass is 286 g/mol. The quantitative estimate of drug-likeness (QED) is 0.862. The Labute approximate surface area is 115 Å². The van der Waals surface area contributed by atoms with Crippen LogP contribution in [0.15, 0.2) is 24.3 Å². The first-order valence-electron chi connectivity index (χ1n) is 5.51. The zero-order chi connectivity index (χ0) is 13.1. The number of nitrogens with one attached hydrogen (secondary N) is 1. The zero-order valence-corrected chi connectivity index (χ0v) is 11.0. The van der Waals surface area contributed by atoms with Crippen LogP contribution in [-0.2, 0) is 9.59 Å². The van der Waals surface area contributed by atoms with E-state index in [1.54, 1.807) is 29.2 Å². The highest BCUT2D eigenvalue weighted by Crippen LogP contribution is 2.23. The van der Waals surface area contributed by atoms with Crippen molar-refractivity contribution in [2.75, 3.05) is 17.3 Å². The van der Waals surface area contributed by atoms with Crippen molar-refractivity contribution in [3.63, 3.8) is 0 Å². The number of carbonyl (C=O) groups excluding carboxylic acids is 2. The molecule has 1 N–H and O–H groups in total. The highest BCUT2D eigenvalue weighted by Gasteiger charge is 2.31. The Morgan fingerprint density at radius 3 is 2.67 bits per heavy atom. The molecule has 0 saturated carbocycles. The minimum Gasteiger partial charge on any atom is -0.350 e. The Balaban J connectivity index is 2.05. The SMILES string of the molecule is O=C(CCl)N[C@H]1CC(=O)N(c2ccc(Cl)cc2)C1. The number of anilines is 1. The van der Waals surface area contributed by atoms with Gasteiger partial charge in [-0.25, -0.2) is 0 Å². The number of hydrogen-bond acceptors (Lipinski definition) is 2. The Bertz CT molecular complexity index is 462. The molecule has 6 heteroatoms. The van der Waals surface area contributed by atoms with Crippen LogP contribution in [0.25, 0.3) is 0 Å². The summed E-state index contributed by atoms with van der Waals surface area (Å²) in [5.74, 6) is -0.365. The molecule has 1 aliphatic heterocycles. The van der Waals surface area contributed by atoms with Crippen molar-refractivity contribution in [2.24, 2.45) is 0 Å². The molecular formula is C12H12Cl2N2O2. The third kappa shape index (κ3) is 2.94. The van der Waals surface area contributed by atoms with Gasteiger partial charge >= 0.3 is 0 Å². The van der Waals surface area contributed by atoms with Crippen molar-refractivity contribution >= 4 is 40.7 Å². The minimum atomic E-state index is -0.257. The van der Waals surface area contributed by atoms with Gasteiger partial charge in [0.25, 0.3) is 0 Å². The molecule has 96 valence electrons. The Hall–Kier alpha value is -1.26. The van der Waals surface area contributed by atoms with Gasteiger partial charge in [-0.1, -0.05) is 11.6 Å². The molecular weight excluding hydrogens is 275 g/mol. The van der Waals surface area contributed by atoms with E-state index in [-0.39, 0.29) is 23.7 Å². The maximum absolute atomic E-state index is 11.8. The van der Waals surface area contributed by atoms with Gasteiger partial charge in [-0.05, 0) is 24.3 Å². The lowest BCUT2D eigenvalue weighted by atomic mass is 10.2. The van der Waals surface area contributed by atoms with Crippen LogP contribution < -0.4 is 10.2 Å². The first-order valence-corrected chi connectivity index (χ1v) is 6.42. The van der Waals surface area contributed by atoms with Gasteiger partial charge in [0.15, 0.2) is 0 Å². The summed E-state index contributed by atoms with van der Waals surface area (Å²) in [6, 6.07) is 6.85. The fourth-order valence-electron chi connectivity index (χ4n) is 1.94. The molecule has 1 heterocycles. The van der Waals surface area contributed by atoms with E-state index < -0.39 is 0 Å². The average molecular weight is 287 g/mol. The summed E-state index contributed by atoms with van der Waals surface area (Å²) in [6.45, 7) is 0.461. The van der Waals surface area contributed by atoms with Crippen molar-refractivity contribution in [1.29, 1.82) is 0 Å². The van der Waals surface area contributed by atoms with Crippen LogP contribution in [0.5, 0.6) is 0 Å². The Morgan fingerprint density at radius 2 is 2.06 bits per heavy atom. The lowest BCUT2D eigenvalue weighted by Crippen LogP contribution is -2.37. The number of carbonyl (C=O) groups is 2. The van der Waals surface area contributed by atoms with Crippen LogP contribution in [-0.4, -0.2) is 30.3 Å². The fourth-order valence-corrected chi connectivity index (χ4v) is 2.14. The molecule has 2 rings (SSSR count). The number of halogens is 2. The molecule has 1 aromatic carbocycles. The second-order valence-corrected chi connectivity index (χ2v) is 4.79. The van der Waals surface area contributed by atoms with Gasteiger partial charge in [0.05, 0.1) is 6.04 Å². The van der Waals surface area contributed by atoms with Crippen molar-refractivity contribution in [3.05, 3.63) is 29.3 Å². The number of hydrogen-bond donors (Lipinski definition) is 1. The van der Waals surface area contributed by atoms with Crippen LogP contribution in [0.2, 0.25) is 5.02 Å². The summed E-state index contributed by atoms with van der Waals surface area (Å²) in [5.41, 5.74) is 0.784. The first kappa shape index (κ1) is 13.2. The van der Waals surface area contributed by atoms with E-state index in [1.165, 1.54) is 0 Å². The molecule has 0 spiro atoms. The summed E-state index contributed by atoms with van der Waals surface area (Å²) in [5, 5.41) is 3.33. The van der Waals surface area contributed by atoms with Crippen LogP contribution in [0.3, 0.4) is 0 Å². The largest absolute Gasteiger partial charge is 0.350 e. The average Bonchev–Trinajstić information content (AvgIpc) is 2.71. The highest BCUT2D eigenvalue weighted by molar-refractivity contribution is 6.30. The molecule has 0 radical (unpaired) electrons. The highest BCUT2D eigenvalue weighted by atomic mass is 35.5. The summed E-state index contributed by atoms with van der Waals surface area (Å²) < 4.78 is 0. The molecule has 1 atom stereocenters. The van der Waals surface area contributed by atoms with E-state index in [0.717, 1.165) is 5.69 Å². The normalized spacial score (nSPS) is 19.1. The molecule has 0 aliphatic carbocycles. The molecule has 2 amide bonds. The third-order valence-corrected chi connectivity index (χ3v) is 3.24. The lowest BCUT2D eigenvalue weighted by molar-refractivity contribution is -0.119. The van der Waals surface area contributed by atoms with Gasteiger partial charge in [0.2, 0.25) is 11.8 Å². The number of benzene rings is 1. The molecule has 18 heavy (non-hydrogen) atoms. The molecule has 1 aliphatic rings. The molecule has 0 bridgehead atoms. The Kier molecular flexibility index (Phi) is 4.09. The standard InChI is InChI=1S/C12H12Cl2N2O2/c13-6-11(17)15-9-5-12(18)16(7-9)10-3-1-8(14)2-4-10/h1-4,9H,5-7H2,(H,15,17)/t9-/m0/s1. The number of amides is 2. The van der Waals surface area contributed by atoms with E-state index in [2.05, 4.69) is 5.32 Å². The third-order valence-electron chi connectivity index (χ3n) is 2.75. The second kappa shape index (κ2) is 5.59. The summed E-state index contributed by atoms with van der Waals surface area (Å²) >= 11 is 11.2. The van der Waals surface area contributed by atoms with Gasteiger partial charge < -0.3 is 10.2 Å². The van der Waals surface area contributed by atoms with Gasteiger partial charge in [-0.3, -0.25) is 9.59 Å². The van der Waals surface area contributed by atoms with E-state index >= 15 is 0 Å². The van der Waals surface area contributed by atoms with Gasteiger partial charge in [0.1, 0.15) is 5.88 Å². The summed E-state index contributed by atoms with van der Waals surface area (Å²) in [6.07, 6.45) is 0.297. The van der Waals surface area contributed by atoms with Crippen LogP contribution in [0.1, 0.15) is 6.42 Å². The molecule has 4 nitrogen and oxygen atoms in total. The maximum atomic E-state index is 11.8.